The van der Waals surface area contributed by atoms with Gasteiger partial charge in [-0.25, -0.2) is 4.79 Å². The van der Waals surface area contributed by atoms with E-state index < -0.39 is 11.6 Å². The lowest BCUT2D eigenvalue weighted by molar-refractivity contribution is -0.145. The largest absolute Gasteiger partial charge is 0.475 e. The van der Waals surface area contributed by atoms with Gasteiger partial charge >= 0.3 is 5.97 Å². The lowest BCUT2D eigenvalue weighted by atomic mass is 9.80. The van der Waals surface area contributed by atoms with E-state index in [0.717, 1.165) is 6.08 Å². The van der Waals surface area contributed by atoms with Crippen molar-refractivity contribution in [2.45, 2.75) is 19.4 Å². The third-order valence-electron chi connectivity index (χ3n) is 3.13. The first-order valence-corrected chi connectivity index (χ1v) is 5.72. The fourth-order valence-electron chi connectivity index (χ4n) is 2.21. The van der Waals surface area contributed by atoms with Crippen molar-refractivity contribution in [2.75, 3.05) is 0 Å². The van der Waals surface area contributed by atoms with Gasteiger partial charge < -0.3 is 9.84 Å². The zero-order valence-corrected chi connectivity index (χ0v) is 10.2. The summed E-state index contributed by atoms with van der Waals surface area (Å²) in [4.78, 5) is 23.1. The Balaban J connectivity index is 2.50. The fraction of sp³-hybridized carbons (Fsp3) is 0.286. The summed E-state index contributed by atoms with van der Waals surface area (Å²) < 4.78 is 5.48. The average molecular weight is 246 g/mol. The summed E-state index contributed by atoms with van der Waals surface area (Å²) in [6.45, 7) is 3.67. The second kappa shape index (κ2) is 4.29. The molecule has 4 heteroatoms. The van der Waals surface area contributed by atoms with E-state index in [0.29, 0.717) is 5.56 Å². The molecule has 0 saturated carbocycles. The molecule has 94 valence electrons. The van der Waals surface area contributed by atoms with Crippen molar-refractivity contribution in [1.82, 2.24) is 0 Å². The van der Waals surface area contributed by atoms with Gasteiger partial charge in [0.2, 0.25) is 11.5 Å². The van der Waals surface area contributed by atoms with Crippen LogP contribution in [0.1, 0.15) is 19.4 Å². The molecule has 1 aromatic carbocycles. The quantitative estimate of drug-likeness (QED) is 0.887. The summed E-state index contributed by atoms with van der Waals surface area (Å²) in [7, 11) is 0. The van der Waals surface area contributed by atoms with Gasteiger partial charge in [-0.15, -0.1) is 0 Å². The maximum absolute atomic E-state index is 12.2. The molecule has 1 aliphatic rings. The van der Waals surface area contributed by atoms with E-state index in [1.165, 1.54) is 0 Å². The second-order valence-corrected chi connectivity index (χ2v) is 4.54. The van der Waals surface area contributed by atoms with Gasteiger partial charge in [-0.05, 0) is 0 Å². The maximum Gasteiger partial charge on any atom is 0.371 e. The molecule has 0 radical (unpaired) electrons. The highest BCUT2D eigenvalue weighted by molar-refractivity contribution is 6.06. The van der Waals surface area contributed by atoms with Crippen molar-refractivity contribution in [1.29, 1.82) is 0 Å². The summed E-state index contributed by atoms with van der Waals surface area (Å²) in [6.07, 6.45) is 1.06. The molecule has 1 N–H and O–H groups in total. The van der Waals surface area contributed by atoms with Crippen molar-refractivity contribution in [3.05, 3.63) is 47.7 Å². The van der Waals surface area contributed by atoms with Crippen molar-refractivity contribution in [3.8, 4) is 0 Å². The first-order chi connectivity index (χ1) is 8.48. The third kappa shape index (κ3) is 1.70. The van der Waals surface area contributed by atoms with Crippen molar-refractivity contribution >= 4 is 11.8 Å². The number of carbonyl (C=O) groups is 2. The molecular weight excluding hydrogens is 232 g/mol. The molecule has 1 aliphatic heterocycles. The molecule has 0 bridgehead atoms. The highest BCUT2D eigenvalue weighted by Gasteiger charge is 2.50. The molecule has 2 rings (SSSR count). The average Bonchev–Trinajstić information content (AvgIpc) is 2.69. The van der Waals surface area contributed by atoms with Gasteiger partial charge in [-0.1, -0.05) is 44.2 Å². The Morgan fingerprint density at radius 1 is 1.28 bits per heavy atom. The Morgan fingerprint density at radius 3 is 2.33 bits per heavy atom. The number of carbonyl (C=O) groups excluding carboxylic acids is 1. The number of benzene rings is 1. The molecule has 0 amide bonds. The Morgan fingerprint density at radius 2 is 1.89 bits per heavy atom. The van der Waals surface area contributed by atoms with Gasteiger partial charge in [0.15, 0.2) is 5.60 Å². The van der Waals surface area contributed by atoms with Gasteiger partial charge in [0.25, 0.3) is 0 Å². The summed E-state index contributed by atoms with van der Waals surface area (Å²) in [5, 5.41) is 8.95. The highest BCUT2D eigenvalue weighted by atomic mass is 16.5. The minimum Gasteiger partial charge on any atom is -0.475 e. The Hall–Kier alpha value is -2.10. The Kier molecular flexibility index (Phi) is 2.95. The monoisotopic (exact) mass is 246 g/mol. The number of ketones is 1. The smallest absolute Gasteiger partial charge is 0.371 e. The van der Waals surface area contributed by atoms with E-state index in [9.17, 15) is 9.59 Å². The van der Waals surface area contributed by atoms with Crippen LogP contribution < -0.4 is 0 Å². The number of carboxylic acid groups (broad SMARTS) is 1. The van der Waals surface area contributed by atoms with Crippen LogP contribution in [-0.2, 0) is 19.9 Å². The molecule has 0 fully saturated rings. The van der Waals surface area contributed by atoms with Crippen LogP contribution in [0.25, 0.3) is 0 Å². The lowest BCUT2D eigenvalue weighted by Gasteiger charge is -2.32. The first kappa shape index (κ1) is 12.4. The number of hydrogen-bond donors (Lipinski definition) is 1. The van der Waals surface area contributed by atoms with Gasteiger partial charge in [0.1, 0.15) is 0 Å². The third-order valence-corrected chi connectivity index (χ3v) is 3.13. The first-order valence-electron chi connectivity index (χ1n) is 5.72. The van der Waals surface area contributed by atoms with Crippen LogP contribution in [0.4, 0.5) is 0 Å². The standard InChI is InChI=1S/C14H14O4/c1-9(2)14(10-6-4-3-5-7-10)12(15)8-11(18-14)13(16)17/h3-9H,1-2H3,(H,16,17)/t14-/m0/s1. The zero-order valence-electron chi connectivity index (χ0n) is 10.2. The van der Waals surface area contributed by atoms with E-state index in [2.05, 4.69) is 0 Å². The van der Waals surface area contributed by atoms with E-state index in [4.69, 9.17) is 9.84 Å². The fourth-order valence-corrected chi connectivity index (χ4v) is 2.21. The molecule has 0 saturated heterocycles. The van der Waals surface area contributed by atoms with Crippen LogP contribution in [0.3, 0.4) is 0 Å². The molecule has 1 heterocycles. The Labute approximate surface area is 105 Å². The van der Waals surface area contributed by atoms with E-state index in [1.807, 2.05) is 19.9 Å². The minimum atomic E-state index is -1.22. The normalized spacial score (nSPS) is 22.8. The predicted octanol–water partition coefficient (Wildman–Crippen LogP) is 2.11. The highest BCUT2D eigenvalue weighted by Crippen LogP contribution is 2.41. The van der Waals surface area contributed by atoms with E-state index in [-0.39, 0.29) is 17.5 Å². The Bertz CT molecular complexity index is 516. The van der Waals surface area contributed by atoms with Gasteiger partial charge in [0.05, 0.1) is 0 Å². The summed E-state index contributed by atoms with van der Waals surface area (Å²) >= 11 is 0. The molecule has 1 aromatic rings. The number of carboxylic acids is 1. The van der Waals surface area contributed by atoms with Crippen LogP contribution in [0, 0.1) is 5.92 Å². The van der Waals surface area contributed by atoms with Crippen molar-refractivity contribution in [3.63, 3.8) is 0 Å². The predicted molar refractivity (Wildman–Crippen MR) is 64.8 cm³/mol. The van der Waals surface area contributed by atoms with Crippen molar-refractivity contribution < 1.29 is 19.4 Å². The SMILES string of the molecule is CC(C)[C@@]1(c2ccccc2)OC(C(=O)O)=CC1=O. The van der Waals surface area contributed by atoms with Crippen LogP contribution in [-0.4, -0.2) is 16.9 Å². The molecule has 4 nitrogen and oxygen atoms in total. The molecule has 18 heavy (non-hydrogen) atoms. The zero-order chi connectivity index (χ0) is 13.3. The van der Waals surface area contributed by atoms with Crippen LogP contribution in [0.5, 0.6) is 0 Å². The number of ether oxygens (including phenoxy) is 1. The summed E-state index contributed by atoms with van der Waals surface area (Å²) in [6, 6.07) is 8.99. The molecule has 0 aromatic heterocycles. The molecule has 0 spiro atoms. The maximum atomic E-state index is 12.2. The van der Waals surface area contributed by atoms with Gasteiger partial charge in [0, 0.05) is 17.6 Å². The van der Waals surface area contributed by atoms with Crippen LogP contribution in [0.15, 0.2) is 42.2 Å². The minimum absolute atomic E-state index is 0.166. The molecule has 1 atom stereocenters. The van der Waals surface area contributed by atoms with Crippen LogP contribution in [0.2, 0.25) is 0 Å². The molecule has 0 aliphatic carbocycles. The summed E-state index contributed by atoms with van der Waals surface area (Å²) in [5.41, 5.74) is -0.535. The van der Waals surface area contributed by atoms with Gasteiger partial charge in [-0.3, -0.25) is 4.79 Å². The number of rotatable bonds is 3. The van der Waals surface area contributed by atoms with Crippen molar-refractivity contribution in [2.24, 2.45) is 5.92 Å². The number of aliphatic carboxylic acids is 1. The summed E-state index contributed by atoms with van der Waals surface area (Å²) in [5.74, 6) is -2.00. The lowest BCUT2D eigenvalue weighted by Crippen LogP contribution is -2.39. The second-order valence-electron chi connectivity index (χ2n) is 4.54. The molecule has 0 unspecified atom stereocenters. The van der Waals surface area contributed by atoms with Crippen LogP contribution >= 0.6 is 0 Å². The van der Waals surface area contributed by atoms with E-state index in [1.54, 1.807) is 24.3 Å². The topological polar surface area (TPSA) is 63.6 Å². The van der Waals surface area contributed by atoms with E-state index >= 15 is 0 Å². The number of hydrogen-bond acceptors (Lipinski definition) is 3. The molecular formula is C14H14O4. The van der Waals surface area contributed by atoms with Gasteiger partial charge in [-0.2, -0.15) is 0 Å².